The number of thiocarbonyl (C=S) groups is 1. The minimum Gasteiger partial charge on any atom is -0.370 e. The monoisotopic (exact) mass is 609 g/mol. The Balaban J connectivity index is 1.44. The summed E-state index contributed by atoms with van der Waals surface area (Å²) in [6.45, 7) is 6.63. The van der Waals surface area contributed by atoms with Crippen LogP contribution < -0.4 is 15.1 Å². The van der Waals surface area contributed by atoms with E-state index in [-0.39, 0.29) is 12.1 Å². The molecule has 4 aromatic rings. The molecule has 0 unspecified atom stereocenters. The Hall–Kier alpha value is -2.77. The van der Waals surface area contributed by atoms with Gasteiger partial charge in [-0.2, -0.15) is 0 Å². The minimum atomic E-state index is -0.221. The molecule has 0 spiro atoms. The highest BCUT2D eigenvalue weighted by molar-refractivity contribution is 7.80. The smallest absolute Gasteiger partial charge is 0.174 e. The van der Waals surface area contributed by atoms with Crippen molar-refractivity contribution >= 4 is 63.5 Å². The molecule has 5 nitrogen and oxygen atoms in total. The second-order valence-electron chi connectivity index (χ2n) is 10.9. The van der Waals surface area contributed by atoms with E-state index < -0.39 is 0 Å². The van der Waals surface area contributed by atoms with Gasteiger partial charge in [0.2, 0.25) is 0 Å². The van der Waals surface area contributed by atoms with Crippen molar-refractivity contribution in [3.8, 4) is 5.69 Å². The first-order valence-corrected chi connectivity index (χ1v) is 15.0. The maximum absolute atomic E-state index is 6.99. The third-order valence-electron chi connectivity index (χ3n) is 7.77. The molecule has 2 aromatic carbocycles. The Labute approximate surface area is 255 Å². The highest BCUT2D eigenvalue weighted by atomic mass is 35.5. The fraction of sp³-hybridized carbons (Fsp3) is 0.290. The molecule has 2 aromatic heterocycles. The van der Waals surface area contributed by atoms with Gasteiger partial charge >= 0.3 is 0 Å². The van der Waals surface area contributed by atoms with Gasteiger partial charge < -0.3 is 19.7 Å². The summed E-state index contributed by atoms with van der Waals surface area (Å²) in [5.74, 6) is 1.26. The normalized spacial score (nSPS) is 23.0. The summed E-state index contributed by atoms with van der Waals surface area (Å²) in [6.07, 6.45) is 5.06. The van der Waals surface area contributed by atoms with E-state index in [1.54, 1.807) is 12.3 Å². The highest BCUT2D eigenvalue weighted by Crippen LogP contribution is 2.44. The first-order valence-electron chi connectivity index (χ1n) is 13.5. The van der Waals surface area contributed by atoms with Gasteiger partial charge in [-0.3, -0.25) is 4.98 Å². The topological polar surface area (TPSA) is 36.3 Å². The Morgan fingerprint density at radius 3 is 2.33 bits per heavy atom. The quantitative estimate of drug-likeness (QED) is 0.229. The fourth-order valence-electron chi connectivity index (χ4n) is 6.23. The van der Waals surface area contributed by atoms with Crippen LogP contribution in [0.25, 0.3) is 5.69 Å². The third-order valence-corrected chi connectivity index (χ3v) is 8.92. The molecule has 40 heavy (non-hydrogen) atoms. The summed E-state index contributed by atoms with van der Waals surface area (Å²) in [5, 5.41) is 6.03. The molecule has 2 fully saturated rings. The number of aromatic nitrogens is 2. The molecule has 6 rings (SSSR count). The Kier molecular flexibility index (Phi) is 7.71. The van der Waals surface area contributed by atoms with E-state index >= 15 is 0 Å². The zero-order valence-electron chi connectivity index (χ0n) is 22.3. The highest BCUT2D eigenvalue weighted by Gasteiger charge is 2.42. The molecule has 9 heteroatoms. The van der Waals surface area contributed by atoms with Crippen LogP contribution >= 0.6 is 47.0 Å². The van der Waals surface area contributed by atoms with Crippen molar-refractivity contribution in [1.29, 1.82) is 0 Å². The number of nitrogens with zero attached hydrogens (tertiary/aromatic N) is 4. The summed E-state index contributed by atoms with van der Waals surface area (Å²) in [4.78, 5) is 9.24. The van der Waals surface area contributed by atoms with Gasteiger partial charge in [0.25, 0.3) is 0 Å². The van der Waals surface area contributed by atoms with Crippen molar-refractivity contribution in [1.82, 2.24) is 14.9 Å². The minimum absolute atomic E-state index is 0.198. The molecule has 0 saturated carbocycles. The summed E-state index contributed by atoms with van der Waals surface area (Å²) >= 11 is 25.8. The number of anilines is 2. The van der Waals surface area contributed by atoms with E-state index in [0.717, 1.165) is 46.6 Å². The van der Waals surface area contributed by atoms with Gasteiger partial charge in [-0.15, -0.1) is 0 Å². The number of hydrogen-bond donors (Lipinski definition) is 1. The van der Waals surface area contributed by atoms with Gasteiger partial charge in [0.1, 0.15) is 6.04 Å². The molecule has 0 aliphatic carbocycles. The molecule has 0 amide bonds. The Bertz CT molecular complexity index is 1530. The number of pyridine rings is 1. The zero-order chi connectivity index (χ0) is 28.0. The lowest BCUT2D eigenvalue weighted by molar-refractivity contribution is 0.357. The van der Waals surface area contributed by atoms with Gasteiger partial charge in [0.05, 0.1) is 33.2 Å². The maximum Gasteiger partial charge on any atom is 0.174 e. The van der Waals surface area contributed by atoms with E-state index in [4.69, 9.17) is 47.0 Å². The van der Waals surface area contributed by atoms with Crippen LogP contribution in [0.1, 0.15) is 43.7 Å². The van der Waals surface area contributed by atoms with Gasteiger partial charge in [0.15, 0.2) is 5.11 Å². The fourth-order valence-corrected chi connectivity index (χ4v) is 7.37. The van der Waals surface area contributed by atoms with Crippen molar-refractivity contribution in [2.45, 2.75) is 32.4 Å². The SMILES string of the molecule is C[C@@H]1C[C@H](C)CN(c2ccc(N3C(=S)N[C@@H](c4ccccn4)[C@@H]3c3cccn3-c3ccc(Cl)cc3Cl)cc2Cl)C1. The summed E-state index contributed by atoms with van der Waals surface area (Å²) in [5.41, 5.74) is 4.72. The van der Waals surface area contributed by atoms with Crippen LogP contribution in [0.15, 0.2) is 79.1 Å². The standard InChI is InChI=1S/C31H30Cl3N5S/c1-19-14-20(2)18-37(17-19)26-11-9-22(16-24(26)34)39-30(29(36-31(39)40)25-6-3-4-12-35-25)28-7-5-13-38(28)27-10-8-21(32)15-23(27)33/h3-13,15-16,19-20,29-30H,14,17-18H2,1-2H3,(H,36,40)/t19-,20+,29-,30-/m0/s1. The molecule has 2 aliphatic rings. The molecule has 2 saturated heterocycles. The molecular formula is C31H30Cl3N5S. The summed E-state index contributed by atoms with van der Waals surface area (Å²) in [7, 11) is 0. The van der Waals surface area contributed by atoms with Crippen LogP contribution in [0.3, 0.4) is 0 Å². The average Bonchev–Trinajstić information content (AvgIpc) is 3.52. The number of halogens is 3. The van der Waals surface area contributed by atoms with E-state index in [2.05, 4.69) is 56.7 Å². The van der Waals surface area contributed by atoms with Crippen molar-refractivity contribution < 1.29 is 0 Å². The predicted octanol–water partition coefficient (Wildman–Crippen LogP) is 8.49. The second kappa shape index (κ2) is 11.2. The molecular weight excluding hydrogens is 581 g/mol. The van der Waals surface area contributed by atoms with Crippen LogP contribution in [0.4, 0.5) is 11.4 Å². The Morgan fingerprint density at radius 1 is 0.875 bits per heavy atom. The largest absolute Gasteiger partial charge is 0.370 e. The van der Waals surface area contributed by atoms with E-state index in [0.29, 0.717) is 27.0 Å². The maximum atomic E-state index is 6.99. The summed E-state index contributed by atoms with van der Waals surface area (Å²) in [6, 6.07) is 21.4. The second-order valence-corrected chi connectivity index (χ2v) is 12.5. The molecule has 4 atom stereocenters. The molecule has 1 N–H and O–H groups in total. The predicted molar refractivity (Wildman–Crippen MR) is 170 cm³/mol. The lowest BCUT2D eigenvalue weighted by Crippen LogP contribution is -2.38. The van der Waals surface area contributed by atoms with Gasteiger partial charge in [0, 0.05) is 41.9 Å². The Morgan fingerprint density at radius 2 is 1.62 bits per heavy atom. The molecule has 0 bridgehead atoms. The summed E-state index contributed by atoms with van der Waals surface area (Å²) < 4.78 is 2.09. The van der Waals surface area contributed by atoms with Gasteiger partial charge in [-0.05, 0) is 91.1 Å². The van der Waals surface area contributed by atoms with Gasteiger partial charge in [-0.25, -0.2) is 0 Å². The van der Waals surface area contributed by atoms with Crippen LogP contribution in [0.2, 0.25) is 15.1 Å². The lowest BCUT2D eigenvalue weighted by Gasteiger charge is -2.37. The van der Waals surface area contributed by atoms with Crippen LogP contribution in [0.5, 0.6) is 0 Å². The zero-order valence-corrected chi connectivity index (χ0v) is 25.4. The first-order chi connectivity index (χ1) is 19.3. The lowest BCUT2D eigenvalue weighted by atomic mass is 9.91. The van der Waals surface area contributed by atoms with Crippen LogP contribution in [-0.2, 0) is 0 Å². The number of benzene rings is 2. The van der Waals surface area contributed by atoms with Crippen LogP contribution in [0, 0.1) is 11.8 Å². The molecule has 4 heterocycles. The van der Waals surface area contributed by atoms with Crippen molar-refractivity contribution in [2.75, 3.05) is 22.9 Å². The number of hydrogen-bond acceptors (Lipinski definition) is 3. The van der Waals surface area contributed by atoms with Crippen LogP contribution in [-0.4, -0.2) is 27.8 Å². The average molecular weight is 611 g/mol. The van der Waals surface area contributed by atoms with E-state index in [1.165, 1.54) is 6.42 Å². The van der Waals surface area contributed by atoms with Crippen molar-refractivity contribution in [3.05, 3.63) is 106 Å². The molecule has 0 radical (unpaired) electrons. The number of nitrogens with one attached hydrogen (secondary N) is 1. The van der Waals surface area contributed by atoms with Gasteiger partial charge in [-0.1, -0.05) is 54.7 Å². The van der Waals surface area contributed by atoms with E-state index in [1.807, 2.05) is 48.7 Å². The number of piperidine rings is 1. The van der Waals surface area contributed by atoms with E-state index in [9.17, 15) is 0 Å². The number of rotatable bonds is 5. The third kappa shape index (κ3) is 5.18. The van der Waals surface area contributed by atoms with Crippen molar-refractivity contribution in [3.63, 3.8) is 0 Å². The van der Waals surface area contributed by atoms with Crippen molar-refractivity contribution in [2.24, 2.45) is 11.8 Å². The molecule has 206 valence electrons. The molecule has 2 aliphatic heterocycles. The first kappa shape index (κ1) is 27.4.